The maximum absolute atomic E-state index is 10.3. The first kappa shape index (κ1) is 21.4. The molecule has 0 bridgehead atoms. The van der Waals surface area contributed by atoms with Crippen LogP contribution in [0.1, 0.15) is 64.7 Å². The molecular formula is C20H32O3. The number of aliphatic hydroxyl groups is 1. The summed E-state index contributed by atoms with van der Waals surface area (Å²) in [5, 5.41) is 18.2. The van der Waals surface area contributed by atoms with Gasteiger partial charge in [-0.3, -0.25) is 4.79 Å². The average Bonchev–Trinajstić information content (AvgIpc) is 2.52. The summed E-state index contributed by atoms with van der Waals surface area (Å²) in [5.74, 6) is -0.760. The molecule has 23 heavy (non-hydrogen) atoms. The van der Waals surface area contributed by atoms with Gasteiger partial charge >= 0.3 is 5.97 Å². The summed E-state index contributed by atoms with van der Waals surface area (Å²) >= 11 is 0. The fourth-order valence-corrected chi connectivity index (χ4v) is 1.96. The SMILES string of the molecule is CCCCC/C=C\C/C=C\C=C/[C@@H](O)C/C=C\CCCC(=O)O. The summed E-state index contributed by atoms with van der Waals surface area (Å²) < 4.78 is 0. The van der Waals surface area contributed by atoms with Gasteiger partial charge in [-0.2, -0.15) is 0 Å². The molecule has 0 saturated carbocycles. The van der Waals surface area contributed by atoms with E-state index in [9.17, 15) is 9.90 Å². The monoisotopic (exact) mass is 320 g/mol. The van der Waals surface area contributed by atoms with Crippen LogP contribution in [0.5, 0.6) is 0 Å². The van der Waals surface area contributed by atoms with Gasteiger partial charge in [0.25, 0.3) is 0 Å². The molecule has 0 rings (SSSR count). The molecule has 1 atom stereocenters. The summed E-state index contributed by atoms with van der Waals surface area (Å²) in [6.45, 7) is 2.21. The van der Waals surface area contributed by atoms with Gasteiger partial charge in [-0.05, 0) is 38.5 Å². The third-order valence-corrected chi connectivity index (χ3v) is 3.30. The minimum absolute atomic E-state index is 0.199. The van der Waals surface area contributed by atoms with Crippen molar-refractivity contribution in [2.24, 2.45) is 0 Å². The number of hydrogen-bond acceptors (Lipinski definition) is 2. The molecule has 2 N–H and O–H groups in total. The predicted octanol–water partition coefficient (Wildman–Crippen LogP) is 5.19. The predicted molar refractivity (Wildman–Crippen MR) is 97.4 cm³/mol. The third kappa shape index (κ3) is 18.3. The summed E-state index contributed by atoms with van der Waals surface area (Å²) in [6.07, 6.45) is 23.5. The Hall–Kier alpha value is -1.61. The molecule has 0 heterocycles. The summed E-state index contributed by atoms with van der Waals surface area (Å²) in [6, 6.07) is 0. The molecule has 0 amide bonds. The Labute approximate surface area is 141 Å². The number of carbonyl (C=O) groups is 1. The maximum atomic E-state index is 10.3. The molecule has 0 aliphatic carbocycles. The van der Waals surface area contributed by atoms with Crippen molar-refractivity contribution in [3.63, 3.8) is 0 Å². The Bertz CT molecular complexity index is 392. The number of hydrogen-bond donors (Lipinski definition) is 2. The van der Waals surface area contributed by atoms with Gasteiger partial charge in [-0.1, -0.05) is 68.4 Å². The zero-order chi connectivity index (χ0) is 17.2. The van der Waals surface area contributed by atoms with Crippen LogP contribution in [0.25, 0.3) is 0 Å². The largest absolute Gasteiger partial charge is 0.481 e. The molecule has 0 aliphatic rings. The van der Waals surface area contributed by atoms with Crippen LogP contribution in [0.15, 0.2) is 48.6 Å². The van der Waals surface area contributed by atoms with Crippen molar-refractivity contribution in [3.05, 3.63) is 48.6 Å². The van der Waals surface area contributed by atoms with Crippen LogP contribution >= 0.6 is 0 Å². The van der Waals surface area contributed by atoms with Crippen LogP contribution in [0, 0.1) is 0 Å². The van der Waals surface area contributed by atoms with E-state index >= 15 is 0 Å². The maximum Gasteiger partial charge on any atom is 0.303 e. The topological polar surface area (TPSA) is 57.5 Å². The Kier molecular flexibility index (Phi) is 15.6. The molecule has 3 heteroatoms. The molecule has 0 radical (unpaired) electrons. The van der Waals surface area contributed by atoms with E-state index in [1.807, 2.05) is 24.3 Å². The lowest BCUT2D eigenvalue weighted by atomic mass is 10.2. The number of carboxylic acids is 1. The lowest BCUT2D eigenvalue weighted by Gasteiger charge is -1.99. The highest BCUT2D eigenvalue weighted by atomic mass is 16.4. The fraction of sp³-hybridized carbons (Fsp3) is 0.550. The van der Waals surface area contributed by atoms with Gasteiger partial charge in [0.1, 0.15) is 0 Å². The first-order valence-electron chi connectivity index (χ1n) is 8.70. The molecule has 0 fully saturated rings. The molecule has 0 aromatic heterocycles. The van der Waals surface area contributed by atoms with E-state index in [1.165, 1.54) is 19.3 Å². The van der Waals surface area contributed by atoms with E-state index in [2.05, 4.69) is 25.2 Å². The Morgan fingerprint density at radius 2 is 1.70 bits per heavy atom. The molecule has 0 saturated heterocycles. The van der Waals surface area contributed by atoms with Crippen molar-refractivity contribution in [2.75, 3.05) is 0 Å². The zero-order valence-electron chi connectivity index (χ0n) is 14.4. The molecule has 3 nitrogen and oxygen atoms in total. The van der Waals surface area contributed by atoms with Gasteiger partial charge in [-0.15, -0.1) is 0 Å². The highest BCUT2D eigenvalue weighted by Gasteiger charge is 1.95. The van der Waals surface area contributed by atoms with Gasteiger partial charge in [-0.25, -0.2) is 0 Å². The minimum atomic E-state index is -0.760. The molecule has 0 aromatic carbocycles. The quantitative estimate of drug-likeness (QED) is 0.263. The molecule has 130 valence electrons. The van der Waals surface area contributed by atoms with E-state index in [4.69, 9.17) is 5.11 Å². The average molecular weight is 320 g/mol. The highest BCUT2D eigenvalue weighted by Crippen LogP contribution is 2.02. The lowest BCUT2D eigenvalue weighted by Crippen LogP contribution is -1.98. The lowest BCUT2D eigenvalue weighted by molar-refractivity contribution is -0.137. The smallest absolute Gasteiger partial charge is 0.303 e. The second kappa shape index (κ2) is 16.8. The van der Waals surface area contributed by atoms with Crippen molar-refractivity contribution in [2.45, 2.75) is 70.8 Å². The number of unbranched alkanes of at least 4 members (excludes halogenated alkanes) is 4. The third-order valence-electron chi connectivity index (χ3n) is 3.30. The van der Waals surface area contributed by atoms with Gasteiger partial charge < -0.3 is 10.2 Å². The number of aliphatic carboxylic acids is 1. The Morgan fingerprint density at radius 1 is 0.957 bits per heavy atom. The van der Waals surface area contributed by atoms with Gasteiger partial charge in [0.05, 0.1) is 6.10 Å². The number of aliphatic hydroxyl groups excluding tert-OH is 1. The second-order valence-corrected chi connectivity index (χ2v) is 5.58. The first-order valence-corrected chi connectivity index (χ1v) is 8.70. The number of carboxylic acid groups (broad SMARTS) is 1. The summed E-state index contributed by atoms with van der Waals surface area (Å²) in [5.41, 5.74) is 0. The van der Waals surface area contributed by atoms with Gasteiger partial charge in [0.2, 0.25) is 0 Å². The number of allylic oxidation sites excluding steroid dienone is 6. The Balaban J connectivity index is 3.63. The van der Waals surface area contributed by atoms with Crippen LogP contribution in [-0.4, -0.2) is 22.3 Å². The zero-order valence-corrected chi connectivity index (χ0v) is 14.4. The van der Waals surface area contributed by atoms with E-state index in [1.54, 1.807) is 6.08 Å². The molecule has 0 aromatic rings. The van der Waals surface area contributed by atoms with Crippen molar-refractivity contribution < 1.29 is 15.0 Å². The first-order chi connectivity index (χ1) is 11.2. The highest BCUT2D eigenvalue weighted by molar-refractivity contribution is 5.66. The van der Waals surface area contributed by atoms with Crippen LogP contribution in [0.4, 0.5) is 0 Å². The van der Waals surface area contributed by atoms with E-state index in [-0.39, 0.29) is 6.42 Å². The standard InChI is InChI=1S/C20H32O3/c1-2-3-4-5-6-7-8-9-10-13-16-19(21)17-14-11-12-15-18-20(22)23/h6-7,9-11,13-14,16,19,21H,2-5,8,12,15,17-18H2,1H3,(H,22,23)/b7-6-,10-9-,14-11-,16-13-/t19-/m1/s1. The van der Waals surface area contributed by atoms with E-state index in [0.29, 0.717) is 12.8 Å². The number of rotatable bonds is 14. The van der Waals surface area contributed by atoms with E-state index in [0.717, 1.165) is 19.3 Å². The summed E-state index contributed by atoms with van der Waals surface area (Å²) in [7, 11) is 0. The van der Waals surface area contributed by atoms with Crippen molar-refractivity contribution in [3.8, 4) is 0 Å². The Morgan fingerprint density at radius 3 is 2.43 bits per heavy atom. The normalized spacial score (nSPS) is 13.8. The van der Waals surface area contributed by atoms with Crippen molar-refractivity contribution in [1.29, 1.82) is 0 Å². The van der Waals surface area contributed by atoms with E-state index < -0.39 is 12.1 Å². The van der Waals surface area contributed by atoms with Crippen LogP contribution in [0.3, 0.4) is 0 Å². The second-order valence-electron chi connectivity index (χ2n) is 5.58. The van der Waals surface area contributed by atoms with Crippen LogP contribution in [-0.2, 0) is 4.79 Å². The molecule has 0 spiro atoms. The van der Waals surface area contributed by atoms with Gasteiger partial charge in [0, 0.05) is 6.42 Å². The summed E-state index contributed by atoms with van der Waals surface area (Å²) in [4.78, 5) is 10.3. The van der Waals surface area contributed by atoms with Crippen molar-refractivity contribution in [1.82, 2.24) is 0 Å². The minimum Gasteiger partial charge on any atom is -0.481 e. The van der Waals surface area contributed by atoms with Crippen molar-refractivity contribution >= 4 is 5.97 Å². The fourth-order valence-electron chi connectivity index (χ4n) is 1.96. The molecular weight excluding hydrogens is 288 g/mol. The van der Waals surface area contributed by atoms with Crippen LogP contribution < -0.4 is 0 Å². The van der Waals surface area contributed by atoms with Crippen LogP contribution in [0.2, 0.25) is 0 Å². The van der Waals surface area contributed by atoms with Gasteiger partial charge in [0.15, 0.2) is 0 Å². The molecule has 0 aliphatic heterocycles. The molecule has 0 unspecified atom stereocenters.